The Kier molecular flexibility index (Phi) is 7.56. The van der Waals surface area contributed by atoms with Gasteiger partial charge in [-0.05, 0) is 64.7 Å². The van der Waals surface area contributed by atoms with Crippen molar-refractivity contribution in [1.29, 1.82) is 0 Å². The minimum absolute atomic E-state index is 0.148. The van der Waals surface area contributed by atoms with Gasteiger partial charge in [0.05, 0.1) is 0 Å². The van der Waals surface area contributed by atoms with Crippen molar-refractivity contribution >= 4 is 6.09 Å². The molecule has 2 rings (SSSR count). The molecule has 0 spiro atoms. The van der Waals surface area contributed by atoms with Gasteiger partial charge in [0.25, 0.3) is 0 Å². The van der Waals surface area contributed by atoms with Gasteiger partial charge >= 0.3 is 6.09 Å². The molecule has 2 fully saturated rings. The van der Waals surface area contributed by atoms with Crippen LogP contribution in [0, 0.1) is 11.8 Å². The summed E-state index contributed by atoms with van der Waals surface area (Å²) in [7, 11) is 0. The number of hydrogen-bond acceptors (Lipinski definition) is 4. The van der Waals surface area contributed by atoms with Gasteiger partial charge in [0.2, 0.25) is 0 Å². The summed E-state index contributed by atoms with van der Waals surface area (Å²) < 4.78 is 5.68. The summed E-state index contributed by atoms with van der Waals surface area (Å²) >= 11 is 0. The first kappa shape index (κ1) is 20.5. The van der Waals surface area contributed by atoms with Crippen LogP contribution in [0.4, 0.5) is 4.79 Å². The summed E-state index contributed by atoms with van der Waals surface area (Å²) in [5.41, 5.74) is -0.445. The second-order valence-electron chi connectivity index (χ2n) is 8.99. The summed E-state index contributed by atoms with van der Waals surface area (Å²) in [6.45, 7) is 9.75. The average Bonchev–Trinajstić information content (AvgIpc) is 2.58. The molecule has 5 heteroatoms. The Labute approximate surface area is 153 Å². The van der Waals surface area contributed by atoms with E-state index in [0.29, 0.717) is 12.0 Å². The summed E-state index contributed by atoms with van der Waals surface area (Å²) in [5.74, 6) is 0.767. The zero-order chi connectivity index (χ0) is 18.4. The first-order chi connectivity index (χ1) is 11.8. The third-order valence-corrected chi connectivity index (χ3v) is 5.53. The lowest BCUT2D eigenvalue weighted by Gasteiger charge is -2.45. The van der Waals surface area contributed by atoms with Crippen LogP contribution in [-0.2, 0) is 4.74 Å². The van der Waals surface area contributed by atoms with Gasteiger partial charge in [-0.15, -0.1) is 0 Å². The van der Waals surface area contributed by atoms with E-state index in [9.17, 15) is 9.90 Å². The molecule has 2 N–H and O–H groups in total. The van der Waals surface area contributed by atoms with Gasteiger partial charge in [-0.2, -0.15) is 0 Å². The molecule has 2 aliphatic rings. The molecule has 5 nitrogen and oxygen atoms in total. The number of aliphatic hydroxyl groups excluding tert-OH is 1. The fraction of sp³-hybridized carbons (Fsp3) is 0.950. The van der Waals surface area contributed by atoms with Gasteiger partial charge in [0, 0.05) is 31.8 Å². The number of piperidine rings is 1. The smallest absolute Gasteiger partial charge is 0.410 e. The highest BCUT2D eigenvalue weighted by molar-refractivity contribution is 5.68. The molecule has 1 aliphatic heterocycles. The second-order valence-corrected chi connectivity index (χ2v) is 8.99. The van der Waals surface area contributed by atoms with E-state index in [2.05, 4.69) is 12.2 Å². The third kappa shape index (κ3) is 6.14. The van der Waals surface area contributed by atoms with Crippen LogP contribution >= 0.6 is 0 Å². The normalized spacial score (nSPS) is 29.3. The van der Waals surface area contributed by atoms with Crippen molar-refractivity contribution in [3.05, 3.63) is 0 Å². The van der Waals surface area contributed by atoms with Crippen LogP contribution in [-0.4, -0.2) is 53.5 Å². The highest BCUT2D eigenvalue weighted by Gasteiger charge is 2.39. The lowest BCUT2D eigenvalue weighted by atomic mass is 9.76. The van der Waals surface area contributed by atoms with Crippen LogP contribution < -0.4 is 5.32 Å². The van der Waals surface area contributed by atoms with E-state index in [-0.39, 0.29) is 24.7 Å². The van der Waals surface area contributed by atoms with Crippen LogP contribution in [0.5, 0.6) is 0 Å². The number of nitrogens with zero attached hydrogens (tertiary/aromatic N) is 1. The molecule has 1 saturated carbocycles. The number of carbonyl (C=O) groups excluding carboxylic acids is 1. The monoisotopic (exact) mass is 354 g/mol. The Morgan fingerprint density at radius 2 is 1.88 bits per heavy atom. The third-order valence-electron chi connectivity index (χ3n) is 5.53. The van der Waals surface area contributed by atoms with E-state index < -0.39 is 5.60 Å². The fourth-order valence-electron chi connectivity index (χ4n) is 4.24. The summed E-state index contributed by atoms with van der Waals surface area (Å²) in [4.78, 5) is 14.7. The number of amides is 1. The number of rotatable bonds is 5. The first-order valence-corrected chi connectivity index (χ1v) is 10.2. The van der Waals surface area contributed by atoms with Crippen molar-refractivity contribution < 1.29 is 14.6 Å². The molecule has 0 radical (unpaired) electrons. The minimum Gasteiger partial charge on any atom is -0.444 e. The predicted molar refractivity (Wildman–Crippen MR) is 101 cm³/mol. The molecule has 25 heavy (non-hydrogen) atoms. The van der Waals surface area contributed by atoms with Crippen molar-refractivity contribution in [2.45, 2.75) is 90.3 Å². The fourth-order valence-corrected chi connectivity index (χ4v) is 4.24. The van der Waals surface area contributed by atoms with E-state index in [1.165, 1.54) is 32.1 Å². The van der Waals surface area contributed by atoms with E-state index in [0.717, 1.165) is 25.9 Å². The first-order valence-electron chi connectivity index (χ1n) is 10.2. The lowest BCUT2D eigenvalue weighted by Crippen LogP contribution is -2.55. The Hall–Kier alpha value is -0.810. The molecule has 4 unspecified atom stereocenters. The zero-order valence-electron chi connectivity index (χ0n) is 16.6. The minimum atomic E-state index is -0.445. The van der Waals surface area contributed by atoms with Crippen LogP contribution in [0.25, 0.3) is 0 Å². The molecule has 1 heterocycles. The summed E-state index contributed by atoms with van der Waals surface area (Å²) in [5, 5.41) is 13.0. The van der Waals surface area contributed by atoms with E-state index in [1.807, 2.05) is 25.7 Å². The van der Waals surface area contributed by atoms with Gasteiger partial charge < -0.3 is 20.1 Å². The SMILES string of the molecule is CC(CO)CNC1CCCCC1C1CCCCN1C(=O)OC(C)(C)C. The van der Waals surface area contributed by atoms with Gasteiger partial charge in [-0.25, -0.2) is 4.79 Å². The molecule has 1 saturated heterocycles. The van der Waals surface area contributed by atoms with Crippen LogP contribution in [0.3, 0.4) is 0 Å². The Morgan fingerprint density at radius 3 is 2.56 bits per heavy atom. The zero-order valence-corrected chi connectivity index (χ0v) is 16.6. The van der Waals surface area contributed by atoms with Gasteiger partial charge in [-0.1, -0.05) is 19.8 Å². The number of nitrogens with one attached hydrogen (secondary N) is 1. The average molecular weight is 355 g/mol. The molecule has 146 valence electrons. The number of likely N-dealkylation sites (tertiary alicyclic amines) is 1. The molecule has 0 aromatic heterocycles. The maximum Gasteiger partial charge on any atom is 0.410 e. The van der Waals surface area contributed by atoms with Crippen molar-refractivity contribution in [3.8, 4) is 0 Å². The largest absolute Gasteiger partial charge is 0.444 e. The van der Waals surface area contributed by atoms with Crippen LogP contribution in [0.1, 0.15) is 72.6 Å². The van der Waals surface area contributed by atoms with Gasteiger partial charge in [0.15, 0.2) is 0 Å². The van der Waals surface area contributed by atoms with Gasteiger partial charge in [0.1, 0.15) is 5.60 Å². The maximum atomic E-state index is 12.7. The summed E-state index contributed by atoms with van der Waals surface area (Å²) in [6.07, 6.45) is 8.04. The molecule has 1 aliphatic carbocycles. The number of aliphatic hydroxyl groups is 1. The Bertz CT molecular complexity index is 422. The standard InChI is InChI=1S/C20H38N2O3/c1-15(14-23)13-21-17-10-6-5-9-16(17)18-11-7-8-12-22(18)19(24)25-20(2,3)4/h15-18,21,23H,5-14H2,1-4H3. The second kappa shape index (κ2) is 9.22. The highest BCUT2D eigenvalue weighted by atomic mass is 16.6. The van der Waals surface area contributed by atoms with E-state index >= 15 is 0 Å². The van der Waals surface area contributed by atoms with Crippen molar-refractivity contribution in [3.63, 3.8) is 0 Å². The topological polar surface area (TPSA) is 61.8 Å². The quantitative estimate of drug-likeness (QED) is 0.792. The molecular weight excluding hydrogens is 316 g/mol. The summed E-state index contributed by atoms with van der Waals surface area (Å²) in [6, 6.07) is 0.724. The molecule has 4 atom stereocenters. The lowest BCUT2D eigenvalue weighted by molar-refractivity contribution is -0.00548. The maximum absolute atomic E-state index is 12.7. The molecule has 1 amide bonds. The van der Waals surface area contributed by atoms with Crippen molar-refractivity contribution in [2.75, 3.05) is 19.7 Å². The number of hydrogen-bond donors (Lipinski definition) is 2. The van der Waals surface area contributed by atoms with Crippen molar-refractivity contribution in [1.82, 2.24) is 10.2 Å². The van der Waals surface area contributed by atoms with Crippen molar-refractivity contribution in [2.24, 2.45) is 11.8 Å². The van der Waals surface area contributed by atoms with Crippen LogP contribution in [0.2, 0.25) is 0 Å². The highest BCUT2D eigenvalue weighted by Crippen LogP contribution is 2.35. The molecule has 0 aromatic carbocycles. The van der Waals surface area contributed by atoms with E-state index in [1.54, 1.807) is 0 Å². The molecule has 0 bridgehead atoms. The molecular formula is C20H38N2O3. The van der Waals surface area contributed by atoms with E-state index in [4.69, 9.17) is 4.74 Å². The predicted octanol–water partition coefficient (Wildman–Crippen LogP) is 3.55. The van der Waals surface area contributed by atoms with Crippen LogP contribution in [0.15, 0.2) is 0 Å². The number of carbonyl (C=O) groups is 1. The Balaban J connectivity index is 2.05. The number of ether oxygens (including phenoxy) is 1. The molecule has 0 aromatic rings. The Morgan fingerprint density at radius 1 is 1.20 bits per heavy atom. The van der Waals surface area contributed by atoms with Gasteiger partial charge in [-0.3, -0.25) is 0 Å².